The van der Waals surface area contributed by atoms with Gasteiger partial charge in [-0.1, -0.05) is 60.1 Å². The van der Waals surface area contributed by atoms with Crippen LogP contribution in [-0.4, -0.2) is 35.5 Å². The lowest BCUT2D eigenvalue weighted by Gasteiger charge is -2.18. The summed E-state index contributed by atoms with van der Waals surface area (Å²) >= 11 is 7.38. The smallest absolute Gasteiger partial charge is 0.331 e. The van der Waals surface area contributed by atoms with Crippen molar-refractivity contribution in [3.8, 4) is 11.1 Å². The second kappa shape index (κ2) is 15.0. The minimum absolute atomic E-state index is 0.0168. The number of carbonyl (C=O) groups is 3. The molecule has 1 N–H and O–H groups in total. The van der Waals surface area contributed by atoms with Crippen molar-refractivity contribution in [1.29, 1.82) is 0 Å². The van der Waals surface area contributed by atoms with Gasteiger partial charge in [0.25, 0.3) is 0 Å². The van der Waals surface area contributed by atoms with Crippen molar-refractivity contribution in [1.82, 2.24) is 0 Å². The van der Waals surface area contributed by atoms with Crippen LogP contribution in [0.2, 0.25) is 5.02 Å². The van der Waals surface area contributed by atoms with Gasteiger partial charge in [0.2, 0.25) is 5.78 Å². The van der Waals surface area contributed by atoms with Gasteiger partial charge in [0.15, 0.2) is 5.78 Å². The molecule has 0 spiro atoms. The molecule has 3 aromatic carbocycles. The lowest BCUT2D eigenvalue weighted by molar-refractivity contribution is -0.140. The number of halogens is 1. The Hall–Kier alpha value is -3.94. The van der Waals surface area contributed by atoms with Crippen LogP contribution in [0.3, 0.4) is 0 Å². The molecule has 0 saturated carbocycles. The van der Waals surface area contributed by atoms with Gasteiger partial charge in [-0.3, -0.25) is 9.59 Å². The third-order valence-corrected chi connectivity index (χ3v) is 8.30. The summed E-state index contributed by atoms with van der Waals surface area (Å²) in [5.41, 5.74) is 5.27. The number of hydrogen-bond acceptors (Lipinski definition) is 7. The van der Waals surface area contributed by atoms with Crippen molar-refractivity contribution < 1.29 is 19.2 Å². The van der Waals surface area contributed by atoms with E-state index in [-0.39, 0.29) is 28.9 Å². The molecule has 1 aliphatic rings. The molecule has 0 aromatic heterocycles. The third-order valence-electron chi connectivity index (χ3n) is 7.02. The number of Topliss-reactive ketones (excluding diaryl/α,β-unsaturated/α-hetero) is 2. The maximum absolute atomic E-state index is 13.8. The van der Waals surface area contributed by atoms with E-state index in [9.17, 15) is 14.4 Å². The lowest BCUT2D eigenvalue weighted by Crippen LogP contribution is -2.18. The highest BCUT2D eigenvalue weighted by Gasteiger charge is 2.22. The largest absolute Gasteiger partial charge is 0.385 e. The maximum Gasteiger partial charge on any atom is 0.331 e. The minimum Gasteiger partial charge on any atom is -0.385 e. The van der Waals surface area contributed by atoms with Crippen LogP contribution in [0.4, 0.5) is 5.69 Å². The fraction of sp³-hybridized carbons (Fsp3) is 0.257. The fourth-order valence-corrected chi connectivity index (χ4v) is 5.78. The standard InChI is InChI=1S/C35H35ClN2O4S/c1-5-37-32-18-23(3)30(35(41)29-13-8-6-7-10-22(29)2)20-31(32)25-11-9-12-26(19-25)34(40)33(38-42-24(4)39)21-43-28-16-14-27(36)15-17-28/h7,9-20,22,37H,5-6,8,21H2,1-4H3. The Labute approximate surface area is 262 Å². The highest BCUT2D eigenvalue weighted by Crippen LogP contribution is 2.34. The van der Waals surface area contributed by atoms with Crippen molar-refractivity contribution in [2.24, 2.45) is 11.1 Å². The van der Waals surface area contributed by atoms with Gasteiger partial charge < -0.3 is 10.2 Å². The molecule has 3 aromatic rings. The highest BCUT2D eigenvalue weighted by atomic mass is 35.5. The highest BCUT2D eigenvalue weighted by molar-refractivity contribution is 8.00. The predicted octanol–water partition coefficient (Wildman–Crippen LogP) is 8.74. The zero-order valence-electron chi connectivity index (χ0n) is 24.8. The summed E-state index contributed by atoms with van der Waals surface area (Å²) in [5, 5.41) is 7.92. The van der Waals surface area contributed by atoms with Crippen LogP contribution in [0.25, 0.3) is 11.1 Å². The maximum atomic E-state index is 13.8. The molecule has 0 fully saturated rings. The average molecular weight is 615 g/mol. The number of ketones is 2. The van der Waals surface area contributed by atoms with Gasteiger partial charge in [0.1, 0.15) is 5.71 Å². The summed E-state index contributed by atoms with van der Waals surface area (Å²) in [4.78, 5) is 44.8. The van der Waals surface area contributed by atoms with Crippen molar-refractivity contribution in [2.45, 2.75) is 45.4 Å². The number of benzene rings is 3. The molecule has 0 aliphatic heterocycles. The van der Waals surface area contributed by atoms with E-state index in [0.29, 0.717) is 22.7 Å². The number of carbonyl (C=O) groups excluding carboxylic acids is 3. The predicted molar refractivity (Wildman–Crippen MR) is 176 cm³/mol. The van der Waals surface area contributed by atoms with Gasteiger partial charge in [-0.05, 0) is 80.3 Å². The topological polar surface area (TPSA) is 84.8 Å². The van der Waals surface area contributed by atoms with Gasteiger partial charge in [0.05, 0.1) is 0 Å². The third kappa shape index (κ3) is 8.33. The minimum atomic E-state index is -0.615. The molecule has 4 rings (SSSR count). The number of hydrogen-bond donors (Lipinski definition) is 1. The summed E-state index contributed by atoms with van der Waals surface area (Å²) < 4.78 is 0. The van der Waals surface area contributed by atoms with Crippen LogP contribution in [0, 0.1) is 12.8 Å². The Morgan fingerprint density at radius 1 is 1.07 bits per heavy atom. The molecule has 0 heterocycles. The van der Waals surface area contributed by atoms with Crippen molar-refractivity contribution >= 4 is 52.3 Å². The molecule has 0 radical (unpaired) electrons. The second-order valence-electron chi connectivity index (χ2n) is 10.3. The van der Waals surface area contributed by atoms with E-state index in [1.807, 2.05) is 51.1 Å². The Balaban J connectivity index is 1.70. The molecule has 0 saturated heterocycles. The van der Waals surface area contributed by atoms with E-state index < -0.39 is 5.97 Å². The number of oxime groups is 1. The first-order valence-corrected chi connectivity index (χ1v) is 15.6. The van der Waals surface area contributed by atoms with Gasteiger partial charge in [-0.2, -0.15) is 0 Å². The molecule has 0 bridgehead atoms. The number of nitrogens with one attached hydrogen (secondary N) is 1. The molecule has 43 heavy (non-hydrogen) atoms. The molecule has 1 unspecified atom stereocenters. The second-order valence-corrected chi connectivity index (χ2v) is 11.8. The van der Waals surface area contributed by atoms with Crippen molar-refractivity contribution in [2.75, 3.05) is 17.6 Å². The van der Waals surface area contributed by atoms with Crippen LogP contribution < -0.4 is 5.32 Å². The van der Waals surface area contributed by atoms with E-state index in [0.717, 1.165) is 45.7 Å². The lowest BCUT2D eigenvalue weighted by atomic mass is 9.88. The van der Waals surface area contributed by atoms with Crippen LogP contribution >= 0.6 is 23.4 Å². The van der Waals surface area contributed by atoms with E-state index in [2.05, 4.69) is 28.7 Å². The molecule has 222 valence electrons. The van der Waals surface area contributed by atoms with Gasteiger partial charge in [-0.15, -0.1) is 11.8 Å². The van der Waals surface area contributed by atoms with E-state index in [1.165, 1.54) is 18.7 Å². The molecular formula is C35H35ClN2O4S. The van der Waals surface area contributed by atoms with Crippen molar-refractivity contribution in [3.05, 3.63) is 106 Å². The zero-order chi connectivity index (χ0) is 30.9. The average Bonchev–Trinajstić information content (AvgIpc) is 3.21. The Kier molecular flexibility index (Phi) is 11.1. The van der Waals surface area contributed by atoms with E-state index in [1.54, 1.807) is 30.3 Å². The summed E-state index contributed by atoms with van der Waals surface area (Å²) in [6.45, 7) is 7.93. The van der Waals surface area contributed by atoms with Crippen LogP contribution in [0.1, 0.15) is 59.9 Å². The molecular weight excluding hydrogens is 580 g/mol. The Morgan fingerprint density at radius 2 is 1.84 bits per heavy atom. The normalized spacial score (nSPS) is 15.0. The quantitative estimate of drug-likeness (QED) is 0.0580. The number of allylic oxidation sites excluding steroid dienone is 4. The summed E-state index contributed by atoms with van der Waals surface area (Å²) in [5.74, 6) is -0.736. The van der Waals surface area contributed by atoms with Gasteiger partial charge in [-0.25, -0.2) is 4.79 Å². The fourth-order valence-electron chi connectivity index (χ4n) is 4.84. The molecule has 1 aliphatic carbocycles. The Morgan fingerprint density at radius 3 is 2.56 bits per heavy atom. The molecule has 1 atom stereocenters. The summed E-state index contributed by atoms with van der Waals surface area (Å²) in [6, 6.07) is 18.4. The SMILES string of the molecule is CCNc1cc(C)c(C(=O)C2=CCCC=CC2C)cc1-c1cccc(C(=O)C(CSc2ccc(Cl)cc2)=NOC(C)=O)c1. The van der Waals surface area contributed by atoms with Crippen LogP contribution in [0.15, 0.2) is 94.5 Å². The van der Waals surface area contributed by atoms with Crippen molar-refractivity contribution in [3.63, 3.8) is 0 Å². The number of anilines is 1. The zero-order valence-corrected chi connectivity index (χ0v) is 26.4. The number of rotatable bonds is 11. The summed E-state index contributed by atoms with van der Waals surface area (Å²) in [7, 11) is 0. The van der Waals surface area contributed by atoms with Gasteiger partial charge >= 0.3 is 5.97 Å². The first-order chi connectivity index (χ1) is 20.7. The van der Waals surface area contributed by atoms with E-state index in [4.69, 9.17) is 16.4 Å². The summed E-state index contributed by atoms with van der Waals surface area (Å²) in [6.07, 6.45) is 8.03. The first kappa shape index (κ1) is 32.0. The van der Waals surface area contributed by atoms with Gasteiger partial charge in [0, 0.05) is 63.0 Å². The first-order valence-electron chi connectivity index (χ1n) is 14.3. The number of aryl methyl sites for hydroxylation is 1. The van der Waals surface area contributed by atoms with E-state index >= 15 is 0 Å². The molecule has 0 amide bonds. The molecule has 6 nitrogen and oxygen atoms in total. The number of thioether (sulfide) groups is 1. The number of nitrogens with zero attached hydrogens (tertiary/aromatic N) is 1. The Bertz CT molecular complexity index is 1610. The van der Waals surface area contributed by atoms with Crippen LogP contribution in [0.5, 0.6) is 0 Å². The molecule has 8 heteroatoms. The van der Waals surface area contributed by atoms with Crippen LogP contribution in [-0.2, 0) is 9.63 Å². The monoisotopic (exact) mass is 614 g/mol.